The van der Waals surface area contributed by atoms with E-state index < -0.39 is 5.54 Å². The molecule has 0 amide bonds. The van der Waals surface area contributed by atoms with Crippen molar-refractivity contribution in [2.45, 2.75) is 32.7 Å². The topological polar surface area (TPSA) is 49.5 Å². The van der Waals surface area contributed by atoms with Gasteiger partial charge in [-0.2, -0.15) is 0 Å². The number of anilines is 1. The van der Waals surface area contributed by atoms with Gasteiger partial charge >= 0.3 is 0 Å². The summed E-state index contributed by atoms with van der Waals surface area (Å²) >= 11 is 0. The Morgan fingerprint density at radius 3 is 2.35 bits per heavy atom. The van der Waals surface area contributed by atoms with Crippen molar-refractivity contribution in [1.82, 2.24) is 0 Å². The number of aryl methyl sites for hydroxylation is 1. The molecule has 17 heavy (non-hydrogen) atoms. The molecule has 3 nitrogen and oxygen atoms in total. The first-order chi connectivity index (χ1) is 7.98. The van der Waals surface area contributed by atoms with E-state index in [1.54, 1.807) is 0 Å². The van der Waals surface area contributed by atoms with Gasteiger partial charge in [-0.05, 0) is 39.3 Å². The van der Waals surface area contributed by atoms with Crippen molar-refractivity contribution in [3.05, 3.63) is 29.8 Å². The average molecular weight is 236 g/mol. The van der Waals surface area contributed by atoms with Gasteiger partial charge in [0, 0.05) is 24.3 Å². The van der Waals surface area contributed by atoms with E-state index in [9.17, 15) is 0 Å². The molecule has 0 saturated heterocycles. The second kappa shape index (κ2) is 6.03. The van der Waals surface area contributed by atoms with Crippen molar-refractivity contribution >= 4 is 5.69 Å². The second-order valence-corrected chi connectivity index (χ2v) is 4.98. The number of hydrogen-bond acceptors (Lipinski definition) is 3. The van der Waals surface area contributed by atoms with Gasteiger partial charge in [-0.15, -0.1) is 0 Å². The van der Waals surface area contributed by atoms with E-state index in [-0.39, 0.29) is 6.61 Å². The minimum absolute atomic E-state index is 0.0262. The van der Waals surface area contributed by atoms with Crippen LogP contribution in [0.1, 0.15) is 25.8 Å². The molecule has 3 heteroatoms. The fourth-order valence-corrected chi connectivity index (χ4v) is 1.69. The second-order valence-electron chi connectivity index (χ2n) is 4.98. The fourth-order valence-electron chi connectivity index (χ4n) is 1.69. The van der Waals surface area contributed by atoms with Gasteiger partial charge in [-0.1, -0.05) is 17.7 Å². The SMILES string of the molecule is CCN(CCC(C)(N)CO)c1ccc(C)cc1. The molecule has 1 rings (SSSR count). The number of aliphatic hydroxyl groups is 1. The zero-order chi connectivity index (χ0) is 12.9. The third-order valence-electron chi connectivity index (χ3n) is 3.09. The predicted octanol–water partition coefficient (Wildman–Crippen LogP) is 1.92. The number of benzene rings is 1. The quantitative estimate of drug-likeness (QED) is 0.793. The van der Waals surface area contributed by atoms with Crippen LogP contribution in [0.2, 0.25) is 0 Å². The lowest BCUT2D eigenvalue weighted by Crippen LogP contribution is -2.43. The van der Waals surface area contributed by atoms with Crippen LogP contribution in [0.5, 0.6) is 0 Å². The number of hydrogen-bond donors (Lipinski definition) is 2. The Kier molecular flexibility index (Phi) is 4.97. The molecule has 0 aromatic heterocycles. The molecular weight excluding hydrogens is 212 g/mol. The summed E-state index contributed by atoms with van der Waals surface area (Å²) in [6.45, 7) is 7.95. The summed E-state index contributed by atoms with van der Waals surface area (Å²) in [5.74, 6) is 0. The maximum atomic E-state index is 9.14. The molecule has 3 N–H and O–H groups in total. The molecule has 1 unspecified atom stereocenters. The summed E-state index contributed by atoms with van der Waals surface area (Å²) in [7, 11) is 0. The Morgan fingerprint density at radius 1 is 1.29 bits per heavy atom. The van der Waals surface area contributed by atoms with Crippen LogP contribution in [-0.2, 0) is 0 Å². The first-order valence-corrected chi connectivity index (χ1v) is 6.20. The lowest BCUT2D eigenvalue weighted by Gasteiger charge is -2.28. The number of nitrogens with two attached hydrogens (primary N) is 1. The van der Waals surface area contributed by atoms with E-state index in [1.165, 1.54) is 11.3 Å². The van der Waals surface area contributed by atoms with Crippen molar-refractivity contribution in [2.24, 2.45) is 5.73 Å². The van der Waals surface area contributed by atoms with E-state index in [0.717, 1.165) is 19.5 Å². The maximum absolute atomic E-state index is 9.14. The zero-order valence-electron chi connectivity index (χ0n) is 11.1. The highest BCUT2D eigenvalue weighted by Crippen LogP contribution is 2.16. The van der Waals surface area contributed by atoms with E-state index in [4.69, 9.17) is 10.8 Å². The van der Waals surface area contributed by atoms with Gasteiger partial charge in [-0.25, -0.2) is 0 Å². The standard InChI is InChI=1S/C14H24N2O/c1-4-16(10-9-14(3,15)11-17)13-7-5-12(2)6-8-13/h5-8,17H,4,9-11,15H2,1-3H3. The molecule has 1 aromatic carbocycles. The van der Waals surface area contributed by atoms with Crippen molar-refractivity contribution in [3.63, 3.8) is 0 Å². The Balaban J connectivity index is 2.63. The van der Waals surface area contributed by atoms with Gasteiger partial charge in [0.15, 0.2) is 0 Å². The highest BCUT2D eigenvalue weighted by atomic mass is 16.3. The summed E-state index contributed by atoms with van der Waals surface area (Å²) in [6.07, 6.45) is 0.783. The van der Waals surface area contributed by atoms with Crippen LogP contribution in [0.4, 0.5) is 5.69 Å². The minimum atomic E-state index is -0.488. The lowest BCUT2D eigenvalue weighted by molar-refractivity contribution is 0.202. The number of nitrogens with zero attached hydrogens (tertiary/aromatic N) is 1. The summed E-state index contributed by atoms with van der Waals surface area (Å²) in [5.41, 5.74) is 7.94. The minimum Gasteiger partial charge on any atom is -0.394 e. The van der Waals surface area contributed by atoms with Gasteiger partial charge in [0.2, 0.25) is 0 Å². The molecule has 0 spiro atoms. The smallest absolute Gasteiger partial charge is 0.0609 e. The average Bonchev–Trinajstić information content (AvgIpc) is 2.32. The van der Waals surface area contributed by atoms with Gasteiger partial charge < -0.3 is 15.7 Å². The van der Waals surface area contributed by atoms with Gasteiger partial charge in [0.25, 0.3) is 0 Å². The van der Waals surface area contributed by atoms with Crippen LogP contribution >= 0.6 is 0 Å². The van der Waals surface area contributed by atoms with E-state index >= 15 is 0 Å². The molecule has 0 bridgehead atoms. The van der Waals surface area contributed by atoms with Gasteiger partial charge in [0.1, 0.15) is 0 Å². The number of rotatable bonds is 6. The van der Waals surface area contributed by atoms with Crippen molar-refractivity contribution in [3.8, 4) is 0 Å². The summed E-state index contributed by atoms with van der Waals surface area (Å²) < 4.78 is 0. The van der Waals surface area contributed by atoms with Gasteiger partial charge in [0.05, 0.1) is 6.61 Å². The van der Waals surface area contributed by atoms with Crippen LogP contribution in [0, 0.1) is 6.92 Å². The Bertz CT molecular complexity index is 333. The Hall–Kier alpha value is -1.06. The monoisotopic (exact) mass is 236 g/mol. The molecule has 0 radical (unpaired) electrons. The van der Waals surface area contributed by atoms with Crippen LogP contribution in [-0.4, -0.2) is 30.3 Å². The zero-order valence-corrected chi connectivity index (χ0v) is 11.1. The fraction of sp³-hybridized carbons (Fsp3) is 0.571. The summed E-state index contributed by atoms with van der Waals surface area (Å²) in [5, 5.41) is 9.14. The molecule has 0 saturated carbocycles. The highest BCUT2D eigenvalue weighted by Gasteiger charge is 2.18. The number of aliphatic hydroxyl groups excluding tert-OH is 1. The lowest BCUT2D eigenvalue weighted by atomic mass is 10.0. The molecule has 0 aliphatic heterocycles. The Labute approximate surface area is 104 Å². The van der Waals surface area contributed by atoms with Crippen LogP contribution in [0.3, 0.4) is 0 Å². The van der Waals surface area contributed by atoms with E-state index in [1.807, 2.05) is 6.92 Å². The molecule has 0 heterocycles. The summed E-state index contributed by atoms with van der Waals surface area (Å²) in [4.78, 5) is 2.28. The molecule has 1 atom stereocenters. The molecule has 0 aliphatic rings. The molecule has 0 fully saturated rings. The van der Waals surface area contributed by atoms with Crippen molar-refractivity contribution < 1.29 is 5.11 Å². The normalized spacial score (nSPS) is 14.4. The van der Waals surface area contributed by atoms with E-state index in [0.29, 0.717) is 0 Å². The third kappa shape index (κ3) is 4.36. The molecular formula is C14H24N2O. The predicted molar refractivity (Wildman–Crippen MR) is 73.4 cm³/mol. The highest BCUT2D eigenvalue weighted by molar-refractivity contribution is 5.47. The first kappa shape index (κ1) is 14.0. The van der Waals surface area contributed by atoms with Gasteiger partial charge in [-0.3, -0.25) is 0 Å². The molecule has 0 aliphatic carbocycles. The third-order valence-corrected chi connectivity index (χ3v) is 3.09. The van der Waals surface area contributed by atoms with E-state index in [2.05, 4.69) is 43.0 Å². The van der Waals surface area contributed by atoms with Crippen molar-refractivity contribution in [1.29, 1.82) is 0 Å². The van der Waals surface area contributed by atoms with Crippen LogP contribution in [0.15, 0.2) is 24.3 Å². The van der Waals surface area contributed by atoms with Crippen molar-refractivity contribution in [2.75, 3.05) is 24.6 Å². The Morgan fingerprint density at radius 2 is 1.88 bits per heavy atom. The van der Waals surface area contributed by atoms with Crippen LogP contribution < -0.4 is 10.6 Å². The van der Waals surface area contributed by atoms with Crippen LogP contribution in [0.25, 0.3) is 0 Å². The first-order valence-electron chi connectivity index (χ1n) is 6.20. The largest absolute Gasteiger partial charge is 0.394 e. The maximum Gasteiger partial charge on any atom is 0.0609 e. The molecule has 96 valence electrons. The molecule has 1 aromatic rings. The summed E-state index contributed by atoms with van der Waals surface area (Å²) in [6, 6.07) is 8.49.